The predicted molar refractivity (Wildman–Crippen MR) is 80.7 cm³/mol. The van der Waals surface area contributed by atoms with Gasteiger partial charge in [0.1, 0.15) is 5.58 Å². The number of ether oxygens (including phenoxy) is 1. The Balaban J connectivity index is 2.20. The van der Waals surface area contributed by atoms with Crippen LogP contribution >= 0.6 is 0 Å². The molecule has 0 aliphatic rings. The number of carboxylic acid groups (broad SMARTS) is 1. The van der Waals surface area contributed by atoms with Gasteiger partial charge in [-0.1, -0.05) is 18.2 Å². The van der Waals surface area contributed by atoms with Gasteiger partial charge < -0.3 is 19.6 Å². The van der Waals surface area contributed by atoms with Crippen LogP contribution in [0.1, 0.15) is 35.9 Å². The first kappa shape index (κ1) is 16.0. The quantitative estimate of drug-likeness (QED) is 0.820. The molecule has 0 aliphatic carbocycles. The van der Waals surface area contributed by atoms with E-state index in [1.807, 2.05) is 18.2 Å². The first-order valence-corrected chi connectivity index (χ1v) is 7.05. The van der Waals surface area contributed by atoms with E-state index in [9.17, 15) is 9.59 Å². The molecule has 1 heterocycles. The van der Waals surface area contributed by atoms with Gasteiger partial charge in [0, 0.05) is 30.5 Å². The maximum atomic E-state index is 12.4. The van der Waals surface area contributed by atoms with E-state index in [0.29, 0.717) is 17.6 Å². The van der Waals surface area contributed by atoms with Gasteiger partial charge in [-0.2, -0.15) is 0 Å². The Morgan fingerprint density at radius 3 is 2.77 bits per heavy atom. The molecule has 0 saturated heterocycles. The summed E-state index contributed by atoms with van der Waals surface area (Å²) in [6, 6.07) is 7.11. The Morgan fingerprint density at radius 2 is 2.09 bits per heavy atom. The van der Waals surface area contributed by atoms with Crippen molar-refractivity contribution in [3.8, 4) is 0 Å². The molecular weight excluding hydrogens is 286 g/mol. The summed E-state index contributed by atoms with van der Waals surface area (Å²) in [5.41, 5.74) is 1.32. The number of amides is 1. The minimum Gasteiger partial charge on any atom is -0.481 e. The zero-order chi connectivity index (χ0) is 16.1. The SMILES string of the molecule is COCc1c(C(=O)NC(C)CCC(=O)O)oc2ccccc12. The van der Waals surface area contributed by atoms with E-state index in [0.717, 1.165) is 5.39 Å². The van der Waals surface area contributed by atoms with Crippen molar-refractivity contribution < 1.29 is 23.8 Å². The van der Waals surface area contributed by atoms with Crippen molar-refractivity contribution in [3.63, 3.8) is 0 Å². The van der Waals surface area contributed by atoms with Gasteiger partial charge in [0.15, 0.2) is 5.76 Å². The molecule has 1 unspecified atom stereocenters. The van der Waals surface area contributed by atoms with Crippen molar-refractivity contribution in [2.45, 2.75) is 32.4 Å². The fourth-order valence-corrected chi connectivity index (χ4v) is 2.27. The first-order chi connectivity index (χ1) is 10.5. The fraction of sp³-hybridized carbons (Fsp3) is 0.375. The minimum atomic E-state index is -0.884. The maximum absolute atomic E-state index is 12.4. The molecule has 1 aromatic heterocycles. The third kappa shape index (κ3) is 3.65. The fourth-order valence-electron chi connectivity index (χ4n) is 2.27. The molecule has 1 atom stereocenters. The molecule has 6 heteroatoms. The number of benzene rings is 1. The molecule has 118 valence electrons. The standard InChI is InChI=1S/C16H19NO5/c1-10(7-8-14(18)19)17-16(20)15-12(9-21-2)11-5-3-4-6-13(11)22-15/h3-6,10H,7-9H2,1-2H3,(H,17,20)(H,18,19). The van der Waals surface area contributed by atoms with Crippen molar-refractivity contribution in [2.24, 2.45) is 0 Å². The third-order valence-electron chi connectivity index (χ3n) is 3.36. The van der Waals surface area contributed by atoms with Crippen LogP contribution in [0.4, 0.5) is 0 Å². The number of methoxy groups -OCH3 is 1. The highest BCUT2D eigenvalue weighted by Crippen LogP contribution is 2.26. The number of rotatable bonds is 7. The molecule has 0 bridgehead atoms. The van der Waals surface area contributed by atoms with Gasteiger partial charge in [-0.05, 0) is 19.4 Å². The number of aliphatic carboxylic acids is 1. The van der Waals surface area contributed by atoms with E-state index in [-0.39, 0.29) is 30.7 Å². The van der Waals surface area contributed by atoms with Gasteiger partial charge in [-0.25, -0.2) is 0 Å². The van der Waals surface area contributed by atoms with Crippen molar-refractivity contribution >= 4 is 22.8 Å². The highest BCUT2D eigenvalue weighted by Gasteiger charge is 2.21. The molecule has 2 N–H and O–H groups in total. The Kier molecular flexibility index (Phi) is 5.16. The number of fused-ring (bicyclic) bond motifs is 1. The lowest BCUT2D eigenvalue weighted by atomic mass is 10.1. The second kappa shape index (κ2) is 7.09. The number of hydrogen-bond acceptors (Lipinski definition) is 4. The van der Waals surface area contributed by atoms with Gasteiger partial charge in [-0.3, -0.25) is 9.59 Å². The second-order valence-corrected chi connectivity index (χ2v) is 5.15. The average Bonchev–Trinajstić information content (AvgIpc) is 2.85. The van der Waals surface area contributed by atoms with Crippen LogP contribution in [-0.4, -0.2) is 30.1 Å². The van der Waals surface area contributed by atoms with Crippen molar-refractivity contribution in [2.75, 3.05) is 7.11 Å². The first-order valence-electron chi connectivity index (χ1n) is 7.05. The molecule has 2 aromatic rings. The average molecular weight is 305 g/mol. The zero-order valence-electron chi connectivity index (χ0n) is 12.6. The van der Waals surface area contributed by atoms with Crippen LogP contribution in [0.5, 0.6) is 0 Å². The normalized spacial score (nSPS) is 12.3. The van der Waals surface area contributed by atoms with Crippen molar-refractivity contribution in [1.29, 1.82) is 0 Å². The molecule has 0 aliphatic heterocycles. The Labute approximate surface area is 128 Å². The van der Waals surface area contributed by atoms with Crippen LogP contribution in [0.15, 0.2) is 28.7 Å². The Morgan fingerprint density at radius 1 is 1.36 bits per heavy atom. The summed E-state index contributed by atoms with van der Waals surface area (Å²) in [5, 5.41) is 12.3. The molecule has 0 fully saturated rings. The van der Waals surface area contributed by atoms with E-state index in [1.54, 1.807) is 20.1 Å². The topological polar surface area (TPSA) is 88.8 Å². The summed E-state index contributed by atoms with van der Waals surface area (Å²) in [6.07, 6.45) is 0.368. The lowest BCUT2D eigenvalue weighted by Gasteiger charge is -2.12. The molecule has 1 aromatic carbocycles. The van der Waals surface area contributed by atoms with Gasteiger partial charge in [0.2, 0.25) is 0 Å². The van der Waals surface area contributed by atoms with Gasteiger partial charge in [-0.15, -0.1) is 0 Å². The van der Waals surface area contributed by atoms with Crippen molar-refractivity contribution in [3.05, 3.63) is 35.6 Å². The van der Waals surface area contributed by atoms with Gasteiger partial charge >= 0.3 is 5.97 Å². The Bertz CT molecular complexity index is 676. The molecule has 0 saturated carbocycles. The van der Waals surface area contributed by atoms with E-state index in [1.165, 1.54) is 0 Å². The molecule has 0 spiro atoms. The minimum absolute atomic E-state index is 0.00645. The van der Waals surface area contributed by atoms with E-state index in [2.05, 4.69) is 5.32 Å². The second-order valence-electron chi connectivity index (χ2n) is 5.15. The Hall–Kier alpha value is -2.34. The number of hydrogen-bond donors (Lipinski definition) is 2. The van der Waals surface area contributed by atoms with Crippen LogP contribution < -0.4 is 5.32 Å². The third-order valence-corrected chi connectivity index (χ3v) is 3.36. The number of furan rings is 1. The highest BCUT2D eigenvalue weighted by atomic mass is 16.5. The van der Waals surface area contributed by atoms with Crippen LogP contribution in [0.3, 0.4) is 0 Å². The zero-order valence-corrected chi connectivity index (χ0v) is 12.6. The van der Waals surface area contributed by atoms with Crippen LogP contribution in [-0.2, 0) is 16.1 Å². The molecule has 22 heavy (non-hydrogen) atoms. The van der Waals surface area contributed by atoms with E-state index < -0.39 is 5.97 Å². The molecular formula is C16H19NO5. The number of nitrogens with one attached hydrogen (secondary N) is 1. The van der Waals surface area contributed by atoms with Gasteiger partial charge in [0.05, 0.1) is 6.61 Å². The summed E-state index contributed by atoms with van der Waals surface area (Å²) < 4.78 is 10.8. The van der Waals surface area contributed by atoms with Crippen molar-refractivity contribution in [1.82, 2.24) is 5.32 Å². The summed E-state index contributed by atoms with van der Waals surface area (Å²) in [7, 11) is 1.55. The van der Waals surface area contributed by atoms with E-state index >= 15 is 0 Å². The highest BCUT2D eigenvalue weighted by molar-refractivity contribution is 5.99. The number of carboxylic acids is 1. The number of carbonyl (C=O) groups is 2. The monoisotopic (exact) mass is 305 g/mol. The van der Waals surface area contributed by atoms with E-state index in [4.69, 9.17) is 14.3 Å². The van der Waals surface area contributed by atoms with Crippen LogP contribution in [0, 0.1) is 0 Å². The largest absolute Gasteiger partial charge is 0.481 e. The lowest BCUT2D eigenvalue weighted by molar-refractivity contribution is -0.137. The van der Waals surface area contributed by atoms with Gasteiger partial charge in [0.25, 0.3) is 5.91 Å². The summed E-state index contributed by atoms with van der Waals surface area (Å²) in [6.45, 7) is 2.03. The summed E-state index contributed by atoms with van der Waals surface area (Å²) in [4.78, 5) is 22.9. The molecule has 0 radical (unpaired) electrons. The lowest BCUT2D eigenvalue weighted by Crippen LogP contribution is -2.33. The molecule has 2 rings (SSSR count). The smallest absolute Gasteiger partial charge is 0.303 e. The number of carbonyl (C=O) groups excluding carboxylic acids is 1. The summed E-state index contributed by atoms with van der Waals surface area (Å²) >= 11 is 0. The maximum Gasteiger partial charge on any atom is 0.303 e. The predicted octanol–water partition coefficient (Wildman–Crippen LogP) is 2.56. The summed E-state index contributed by atoms with van der Waals surface area (Å²) in [5.74, 6) is -1.03. The van der Waals surface area contributed by atoms with Crippen LogP contribution in [0.2, 0.25) is 0 Å². The molecule has 1 amide bonds. The van der Waals surface area contributed by atoms with Crippen LogP contribution in [0.25, 0.3) is 11.0 Å². The molecule has 6 nitrogen and oxygen atoms in total. The number of para-hydroxylation sites is 1.